The van der Waals surface area contributed by atoms with E-state index in [1.165, 1.54) is 0 Å². The third-order valence-corrected chi connectivity index (χ3v) is 5.75. The maximum atomic E-state index is 12.2. The van der Waals surface area contributed by atoms with Crippen LogP contribution in [0.1, 0.15) is 22.6 Å². The van der Waals surface area contributed by atoms with E-state index >= 15 is 0 Å². The molecule has 0 aromatic heterocycles. The van der Waals surface area contributed by atoms with Gasteiger partial charge in [0.2, 0.25) is 0 Å². The quantitative estimate of drug-likeness (QED) is 0.462. The van der Waals surface area contributed by atoms with Gasteiger partial charge in [-0.25, -0.2) is 9.59 Å². The van der Waals surface area contributed by atoms with E-state index in [2.05, 4.69) is 34.6 Å². The second kappa shape index (κ2) is 11.0. The van der Waals surface area contributed by atoms with Crippen LogP contribution in [0.15, 0.2) is 78.9 Å². The largest absolute Gasteiger partial charge is 0.480 e. The number of carboxylic acids is 1. The van der Waals surface area contributed by atoms with Gasteiger partial charge in [0.05, 0.1) is 6.54 Å². The van der Waals surface area contributed by atoms with Gasteiger partial charge in [-0.1, -0.05) is 84.8 Å². The predicted molar refractivity (Wildman–Crippen MR) is 131 cm³/mol. The summed E-state index contributed by atoms with van der Waals surface area (Å²) in [5, 5.41) is 14.2. The van der Waals surface area contributed by atoms with Crippen LogP contribution in [0.25, 0.3) is 11.1 Å². The van der Waals surface area contributed by atoms with Gasteiger partial charge in [0, 0.05) is 12.3 Å². The van der Waals surface area contributed by atoms with Gasteiger partial charge in [0.15, 0.2) is 0 Å². The number of aliphatic carboxylic acids is 1. The Morgan fingerprint density at radius 1 is 0.886 bits per heavy atom. The van der Waals surface area contributed by atoms with Crippen LogP contribution >= 0.6 is 0 Å². The van der Waals surface area contributed by atoms with Crippen LogP contribution < -0.4 is 10.6 Å². The molecule has 0 heterocycles. The molecule has 7 nitrogen and oxygen atoms in total. The third kappa shape index (κ3) is 5.87. The van der Waals surface area contributed by atoms with Gasteiger partial charge >= 0.3 is 12.1 Å². The summed E-state index contributed by atoms with van der Waals surface area (Å²) in [7, 11) is 0. The molecule has 2 amide bonds. The molecule has 176 valence electrons. The summed E-state index contributed by atoms with van der Waals surface area (Å²) in [6.45, 7) is 0.0636. The highest BCUT2D eigenvalue weighted by atomic mass is 16.5. The highest BCUT2D eigenvalue weighted by Gasteiger charge is 2.28. The van der Waals surface area contributed by atoms with Crippen LogP contribution in [0.4, 0.5) is 4.79 Å². The molecule has 0 saturated heterocycles. The van der Waals surface area contributed by atoms with Crippen molar-refractivity contribution in [3.8, 4) is 23.0 Å². The minimum absolute atomic E-state index is 0.0532. The van der Waals surface area contributed by atoms with Crippen LogP contribution in [-0.4, -0.2) is 42.3 Å². The SMILES string of the molecule is O=C(C#CCNC(=O)OCC1c2ccccc2-c2ccccc21)N[C@H](Cc1ccccc1)C(=O)O. The molecule has 7 heteroatoms. The van der Waals surface area contributed by atoms with E-state index in [9.17, 15) is 19.5 Å². The molecule has 0 fully saturated rings. The standard InChI is InChI=1S/C28H24N2O5/c31-26(30-25(27(32)33)17-19-9-2-1-3-10-19)15-8-16-29-28(34)35-18-24-22-13-6-4-11-20(22)21-12-5-7-14-23(21)24/h1-7,9-14,24-25H,16-18H2,(H,29,34)(H,30,31)(H,32,33)/t25-/m1/s1. The topological polar surface area (TPSA) is 105 Å². The number of carbonyl (C=O) groups is 3. The zero-order valence-corrected chi connectivity index (χ0v) is 18.9. The van der Waals surface area contributed by atoms with Gasteiger partial charge in [-0.05, 0) is 33.7 Å². The number of carbonyl (C=O) groups excluding carboxylic acids is 2. The lowest BCUT2D eigenvalue weighted by molar-refractivity contribution is -0.141. The van der Waals surface area contributed by atoms with E-state index in [1.807, 2.05) is 42.5 Å². The number of fused-ring (bicyclic) bond motifs is 3. The van der Waals surface area contributed by atoms with Crippen LogP contribution in [0.3, 0.4) is 0 Å². The number of benzene rings is 3. The first-order chi connectivity index (χ1) is 17.0. The van der Waals surface area contributed by atoms with Gasteiger partial charge in [-0.15, -0.1) is 0 Å². The first kappa shape index (κ1) is 23.6. The molecular formula is C28H24N2O5. The molecule has 35 heavy (non-hydrogen) atoms. The number of ether oxygens (including phenoxy) is 1. The van der Waals surface area contributed by atoms with Crippen molar-refractivity contribution in [2.45, 2.75) is 18.4 Å². The molecule has 0 unspecified atom stereocenters. The molecule has 4 rings (SSSR count). The Morgan fingerprint density at radius 2 is 1.49 bits per heavy atom. The normalized spacial score (nSPS) is 12.3. The van der Waals surface area contributed by atoms with Gasteiger partial charge < -0.3 is 20.5 Å². The lowest BCUT2D eigenvalue weighted by Gasteiger charge is -2.14. The molecule has 1 atom stereocenters. The summed E-state index contributed by atoms with van der Waals surface area (Å²) in [5.74, 6) is 2.88. The van der Waals surface area contributed by atoms with E-state index in [0.29, 0.717) is 0 Å². The summed E-state index contributed by atoms with van der Waals surface area (Å²) in [6.07, 6.45) is -0.504. The summed E-state index contributed by atoms with van der Waals surface area (Å²) >= 11 is 0. The summed E-state index contributed by atoms with van der Waals surface area (Å²) in [4.78, 5) is 35.7. The maximum Gasteiger partial charge on any atom is 0.407 e. The molecule has 3 aromatic rings. The molecule has 0 saturated carbocycles. The lowest BCUT2D eigenvalue weighted by atomic mass is 9.98. The van der Waals surface area contributed by atoms with Crippen LogP contribution in [-0.2, 0) is 20.7 Å². The first-order valence-electron chi connectivity index (χ1n) is 11.2. The van der Waals surface area contributed by atoms with Crippen LogP contribution in [0, 0.1) is 11.8 Å². The van der Waals surface area contributed by atoms with Crippen LogP contribution in [0.5, 0.6) is 0 Å². The van der Waals surface area contributed by atoms with Crippen molar-refractivity contribution in [3.05, 3.63) is 95.6 Å². The minimum Gasteiger partial charge on any atom is -0.480 e. The Bertz CT molecular complexity index is 1250. The molecule has 0 spiro atoms. The lowest BCUT2D eigenvalue weighted by Crippen LogP contribution is -2.41. The van der Waals surface area contributed by atoms with Gasteiger partial charge in [0.1, 0.15) is 12.6 Å². The van der Waals surface area contributed by atoms with E-state index < -0.39 is 24.0 Å². The highest BCUT2D eigenvalue weighted by molar-refractivity contribution is 5.96. The minimum atomic E-state index is -1.15. The smallest absolute Gasteiger partial charge is 0.407 e. The van der Waals surface area contributed by atoms with E-state index in [-0.39, 0.29) is 25.5 Å². The number of hydrogen-bond acceptors (Lipinski definition) is 4. The maximum absolute atomic E-state index is 12.2. The molecule has 1 aliphatic carbocycles. The molecule has 0 aliphatic heterocycles. The Kier molecular flexibility index (Phi) is 7.44. The van der Waals surface area contributed by atoms with Crippen molar-refractivity contribution in [2.24, 2.45) is 0 Å². The fourth-order valence-corrected chi connectivity index (χ4v) is 4.13. The van der Waals surface area contributed by atoms with E-state index in [0.717, 1.165) is 27.8 Å². The fourth-order valence-electron chi connectivity index (χ4n) is 4.13. The number of nitrogens with one attached hydrogen (secondary N) is 2. The Hall–Kier alpha value is -4.57. The molecule has 0 bridgehead atoms. The van der Waals surface area contributed by atoms with Crippen LogP contribution in [0.2, 0.25) is 0 Å². The molecule has 1 aliphatic rings. The van der Waals surface area contributed by atoms with Crippen molar-refractivity contribution in [1.82, 2.24) is 10.6 Å². The highest BCUT2D eigenvalue weighted by Crippen LogP contribution is 2.44. The number of carboxylic acid groups (broad SMARTS) is 1. The van der Waals surface area contributed by atoms with Crippen molar-refractivity contribution in [2.75, 3.05) is 13.2 Å². The molecule has 3 N–H and O–H groups in total. The second-order valence-corrected chi connectivity index (χ2v) is 8.03. The Balaban J connectivity index is 1.25. The van der Waals surface area contributed by atoms with Crippen molar-refractivity contribution in [3.63, 3.8) is 0 Å². The monoisotopic (exact) mass is 468 g/mol. The number of rotatable bonds is 7. The van der Waals surface area contributed by atoms with Gasteiger partial charge in [-0.3, -0.25) is 4.79 Å². The zero-order chi connectivity index (χ0) is 24.6. The van der Waals surface area contributed by atoms with E-state index in [4.69, 9.17) is 4.74 Å². The average molecular weight is 469 g/mol. The fraction of sp³-hybridized carbons (Fsp3) is 0.179. The second-order valence-electron chi connectivity index (χ2n) is 8.03. The third-order valence-electron chi connectivity index (χ3n) is 5.75. The number of hydrogen-bond donors (Lipinski definition) is 3. The summed E-state index contributed by atoms with van der Waals surface area (Å²) in [6, 6.07) is 24.0. The van der Waals surface area contributed by atoms with Crippen molar-refractivity contribution in [1.29, 1.82) is 0 Å². The molecular weight excluding hydrogens is 444 g/mol. The summed E-state index contributed by atoms with van der Waals surface area (Å²) < 4.78 is 5.41. The van der Waals surface area contributed by atoms with Gasteiger partial charge in [0.25, 0.3) is 5.91 Å². The molecule has 0 radical (unpaired) electrons. The van der Waals surface area contributed by atoms with E-state index in [1.54, 1.807) is 24.3 Å². The zero-order valence-electron chi connectivity index (χ0n) is 18.9. The number of alkyl carbamates (subject to hydrolysis) is 1. The Morgan fingerprint density at radius 3 is 2.11 bits per heavy atom. The summed E-state index contributed by atoms with van der Waals surface area (Å²) in [5.41, 5.74) is 5.29. The number of amides is 2. The predicted octanol–water partition coefficient (Wildman–Crippen LogP) is 3.34. The first-order valence-corrected chi connectivity index (χ1v) is 11.2. The van der Waals surface area contributed by atoms with Crippen molar-refractivity contribution < 1.29 is 24.2 Å². The van der Waals surface area contributed by atoms with Gasteiger partial charge in [-0.2, -0.15) is 0 Å². The Labute approximate surface area is 203 Å². The average Bonchev–Trinajstić information content (AvgIpc) is 3.19. The van der Waals surface area contributed by atoms with Crippen molar-refractivity contribution >= 4 is 18.0 Å². The molecule has 3 aromatic carbocycles.